The van der Waals surface area contributed by atoms with Gasteiger partial charge in [0.25, 0.3) is 0 Å². The first-order chi connectivity index (χ1) is 20.6. The molecule has 1 unspecified atom stereocenters. The number of sulfonamides is 1. The summed E-state index contributed by atoms with van der Waals surface area (Å²) in [6.07, 6.45) is 3.60. The standard InChI is InChI=1S/C30H37N3O8S2/c34-21-30(8-9-30)42(36,37)26-5-1-4-25(16-26)40-20-24(35)18-32-23-17-29(41-19-23)10-13-33(14-11-29)43(38,39)27-6-7-28-22(15-27)3-2-12-31-28/h1-7,12,15-16,23-24,32,34-35H,8-11,13-14,17-21H2/t23-,24?/m1/s1. The SMILES string of the molecule is O=S(=O)(c1ccc2ncccc2c1)N1CCC2(CC1)C[C@@H](NCC(O)COc1cccc(S(=O)(=O)C3(CO)CC3)c1)CO2. The van der Waals surface area contributed by atoms with Crippen molar-refractivity contribution in [1.29, 1.82) is 0 Å². The van der Waals surface area contributed by atoms with Gasteiger partial charge in [-0.1, -0.05) is 12.1 Å². The third-order valence-corrected chi connectivity index (χ3v) is 13.4. The van der Waals surface area contributed by atoms with Crippen LogP contribution in [0, 0.1) is 0 Å². The number of aromatic nitrogens is 1. The summed E-state index contributed by atoms with van der Waals surface area (Å²) in [5.41, 5.74) is 0.344. The van der Waals surface area contributed by atoms with Crippen LogP contribution in [0.25, 0.3) is 10.9 Å². The van der Waals surface area contributed by atoms with E-state index in [1.807, 2.05) is 6.07 Å². The lowest BCUT2D eigenvalue weighted by Crippen LogP contribution is -2.47. The van der Waals surface area contributed by atoms with E-state index in [2.05, 4.69) is 10.3 Å². The Hall–Kier alpha value is -2.65. The Morgan fingerprint density at radius 2 is 1.81 bits per heavy atom. The van der Waals surface area contributed by atoms with Crippen molar-refractivity contribution in [2.24, 2.45) is 0 Å². The number of rotatable bonds is 11. The first-order valence-corrected chi connectivity index (χ1v) is 17.5. The molecular formula is C30H37N3O8S2. The molecule has 6 rings (SSSR count). The predicted molar refractivity (Wildman–Crippen MR) is 159 cm³/mol. The number of benzene rings is 2. The van der Waals surface area contributed by atoms with Gasteiger partial charge in [0.2, 0.25) is 10.0 Å². The molecule has 2 aliphatic heterocycles. The van der Waals surface area contributed by atoms with Crippen molar-refractivity contribution in [3.05, 3.63) is 60.8 Å². The van der Waals surface area contributed by atoms with Gasteiger partial charge in [0.15, 0.2) is 9.84 Å². The number of pyridine rings is 1. The maximum atomic E-state index is 13.3. The normalized spacial score (nSPS) is 22.5. The van der Waals surface area contributed by atoms with Crippen LogP contribution in [0.2, 0.25) is 0 Å². The second-order valence-electron chi connectivity index (χ2n) is 11.8. The van der Waals surface area contributed by atoms with Gasteiger partial charge in [0.1, 0.15) is 18.5 Å². The average molecular weight is 632 g/mol. The summed E-state index contributed by atoms with van der Waals surface area (Å²) in [4.78, 5) is 4.63. The average Bonchev–Trinajstić information content (AvgIpc) is 3.75. The number of hydrogen-bond acceptors (Lipinski definition) is 10. The van der Waals surface area contributed by atoms with E-state index in [0.717, 1.165) is 10.9 Å². The van der Waals surface area contributed by atoms with Gasteiger partial charge in [-0.2, -0.15) is 4.31 Å². The van der Waals surface area contributed by atoms with E-state index in [-0.39, 0.29) is 29.0 Å². The highest BCUT2D eigenvalue weighted by Crippen LogP contribution is 2.46. The number of aliphatic hydroxyl groups is 2. The Morgan fingerprint density at radius 1 is 1.02 bits per heavy atom. The van der Waals surface area contributed by atoms with Crippen molar-refractivity contribution in [2.45, 2.75) is 64.4 Å². The summed E-state index contributed by atoms with van der Waals surface area (Å²) in [5, 5.41) is 24.2. The van der Waals surface area contributed by atoms with E-state index in [9.17, 15) is 27.0 Å². The topological polar surface area (TPSA) is 155 Å². The van der Waals surface area contributed by atoms with E-state index >= 15 is 0 Å². The Labute approximate surface area is 251 Å². The number of nitrogens with one attached hydrogen (secondary N) is 1. The molecule has 43 heavy (non-hydrogen) atoms. The summed E-state index contributed by atoms with van der Waals surface area (Å²) in [5.74, 6) is 0.332. The van der Waals surface area contributed by atoms with Gasteiger partial charge in [-0.3, -0.25) is 4.98 Å². The molecule has 1 aliphatic carbocycles. The number of piperidine rings is 1. The fourth-order valence-corrected chi connectivity index (χ4v) is 9.32. The quantitative estimate of drug-likeness (QED) is 0.286. The molecule has 0 radical (unpaired) electrons. The number of fused-ring (bicyclic) bond motifs is 1. The number of aliphatic hydroxyl groups excluding tert-OH is 2. The molecule has 232 valence electrons. The van der Waals surface area contributed by atoms with Crippen molar-refractivity contribution in [1.82, 2.24) is 14.6 Å². The highest BCUT2D eigenvalue weighted by Gasteiger charge is 2.54. The third-order valence-electron chi connectivity index (χ3n) is 8.92. The van der Waals surface area contributed by atoms with Gasteiger partial charge >= 0.3 is 0 Å². The fraction of sp³-hybridized carbons (Fsp3) is 0.500. The second kappa shape index (κ2) is 11.7. The minimum atomic E-state index is -3.66. The molecule has 2 atom stereocenters. The molecule has 1 saturated carbocycles. The maximum Gasteiger partial charge on any atom is 0.243 e. The highest BCUT2D eigenvalue weighted by molar-refractivity contribution is 7.93. The number of nitrogens with zero attached hydrogens (tertiary/aromatic N) is 2. The summed E-state index contributed by atoms with van der Waals surface area (Å²) in [6, 6.07) is 14.8. The lowest BCUT2D eigenvalue weighted by atomic mass is 9.88. The molecule has 1 aromatic heterocycles. The van der Waals surface area contributed by atoms with Crippen LogP contribution in [0.3, 0.4) is 0 Å². The molecule has 3 aliphatic rings. The van der Waals surface area contributed by atoms with Crippen molar-refractivity contribution >= 4 is 30.8 Å². The summed E-state index contributed by atoms with van der Waals surface area (Å²) in [6.45, 7) is 1.02. The number of hydrogen-bond donors (Lipinski definition) is 3. The van der Waals surface area contributed by atoms with Crippen molar-refractivity contribution in [2.75, 3.05) is 39.5 Å². The summed E-state index contributed by atoms with van der Waals surface area (Å²) in [7, 11) is -7.30. The van der Waals surface area contributed by atoms with Crippen LogP contribution in [-0.2, 0) is 24.6 Å². The Morgan fingerprint density at radius 3 is 2.56 bits per heavy atom. The van der Waals surface area contributed by atoms with Gasteiger partial charge in [-0.25, -0.2) is 16.8 Å². The first-order valence-electron chi connectivity index (χ1n) is 14.5. The third kappa shape index (κ3) is 6.04. The van der Waals surface area contributed by atoms with Crippen LogP contribution in [0.1, 0.15) is 32.1 Å². The Balaban J connectivity index is 0.971. The van der Waals surface area contributed by atoms with Crippen LogP contribution in [0.15, 0.2) is 70.6 Å². The zero-order valence-corrected chi connectivity index (χ0v) is 25.4. The molecule has 2 aromatic carbocycles. The number of ether oxygens (including phenoxy) is 2. The minimum absolute atomic E-state index is 0.00692. The lowest BCUT2D eigenvalue weighted by molar-refractivity contribution is -0.0312. The smallest absolute Gasteiger partial charge is 0.243 e. The molecule has 3 fully saturated rings. The van der Waals surface area contributed by atoms with Gasteiger partial charge < -0.3 is 25.0 Å². The van der Waals surface area contributed by atoms with Crippen LogP contribution >= 0.6 is 0 Å². The molecule has 3 aromatic rings. The molecule has 0 bridgehead atoms. The molecule has 3 heterocycles. The predicted octanol–water partition coefficient (Wildman–Crippen LogP) is 1.88. The van der Waals surface area contributed by atoms with Crippen molar-refractivity contribution < 1.29 is 36.5 Å². The van der Waals surface area contributed by atoms with Crippen molar-refractivity contribution in [3.63, 3.8) is 0 Å². The zero-order chi connectivity index (χ0) is 30.3. The van der Waals surface area contributed by atoms with E-state index in [1.54, 1.807) is 42.6 Å². The van der Waals surface area contributed by atoms with Gasteiger partial charge in [-0.05, 0) is 74.6 Å². The monoisotopic (exact) mass is 631 g/mol. The molecular weight excluding hydrogens is 594 g/mol. The van der Waals surface area contributed by atoms with E-state index in [1.165, 1.54) is 16.4 Å². The molecule has 13 heteroatoms. The van der Waals surface area contributed by atoms with E-state index in [4.69, 9.17) is 9.47 Å². The Kier molecular flexibility index (Phi) is 8.26. The first kappa shape index (κ1) is 30.4. The largest absolute Gasteiger partial charge is 0.491 e. The molecule has 11 nitrogen and oxygen atoms in total. The lowest BCUT2D eigenvalue weighted by Gasteiger charge is -2.38. The van der Waals surface area contributed by atoms with Crippen LogP contribution < -0.4 is 10.1 Å². The molecule has 3 N–H and O–H groups in total. The maximum absolute atomic E-state index is 13.3. The molecule has 2 saturated heterocycles. The van der Waals surface area contributed by atoms with Crippen LogP contribution in [0.4, 0.5) is 0 Å². The van der Waals surface area contributed by atoms with E-state index < -0.39 is 42.9 Å². The highest BCUT2D eigenvalue weighted by atomic mass is 32.2. The summed E-state index contributed by atoms with van der Waals surface area (Å²) >= 11 is 0. The zero-order valence-electron chi connectivity index (χ0n) is 23.8. The molecule has 1 spiro atoms. The van der Waals surface area contributed by atoms with Crippen molar-refractivity contribution in [3.8, 4) is 5.75 Å². The van der Waals surface area contributed by atoms with E-state index in [0.29, 0.717) is 57.6 Å². The van der Waals surface area contributed by atoms with Crippen LogP contribution in [0.5, 0.6) is 5.75 Å². The number of sulfone groups is 1. The second-order valence-corrected chi connectivity index (χ2v) is 16.1. The minimum Gasteiger partial charge on any atom is -0.491 e. The van der Waals surface area contributed by atoms with Crippen LogP contribution in [-0.4, -0.2) is 98.3 Å². The van der Waals surface area contributed by atoms with Gasteiger partial charge in [0, 0.05) is 37.3 Å². The Bertz CT molecular complexity index is 1690. The fourth-order valence-electron chi connectivity index (χ4n) is 6.01. The van der Waals surface area contributed by atoms with Gasteiger partial charge in [0.05, 0.1) is 38.9 Å². The molecule has 0 amide bonds. The van der Waals surface area contributed by atoms with Gasteiger partial charge in [-0.15, -0.1) is 0 Å². The summed E-state index contributed by atoms with van der Waals surface area (Å²) < 4.78 is 64.7.